The fraction of sp³-hybridized carbons (Fsp3) is 0. The van der Waals surface area contributed by atoms with Crippen LogP contribution in [0.5, 0.6) is 0 Å². The van der Waals surface area contributed by atoms with Crippen LogP contribution in [-0.2, 0) is 0 Å². The Bertz CT molecular complexity index is 3640. The van der Waals surface area contributed by atoms with Gasteiger partial charge in [0.05, 0.1) is 22.1 Å². The first-order valence-electron chi connectivity index (χ1n) is 21.8. The predicted octanol–water partition coefficient (Wildman–Crippen LogP) is 15.5. The molecule has 0 aliphatic heterocycles. The van der Waals surface area contributed by atoms with Crippen LogP contribution in [0, 0.1) is 0 Å². The third-order valence-electron chi connectivity index (χ3n) is 12.6. The molecule has 0 saturated carbocycles. The van der Waals surface area contributed by atoms with Crippen LogP contribution >= 0.6 is 0 Å². The molecule has 65 heavy (non-hydrogen) atoms. The quantitative estimate of drug-likeness (QED) is 0.153. The molecule has 0 amide bonds. The summed E-state index contributed by atoms with van der Waals surface area (Å²) < 4.78 is 11.5. The van der Waals surface area contributed by atoms with Gasteiger partial charge in [-0.05, 0) is 97.1 Å². The molecule has 0 bridgehead atoms. The van der Waals surface area contributed by atoms with Gasteiger partial charge in [0.25, 0.3) is 0 Å². The number of nitrogens with zero attached hydrogens (tertiary/aromatic N) is 6. The van der Waals surface area contributed by atoms with Crippen molar-refractivity contribution in [2.45, 2.75) is 0 Å². The minimum absolute atomic E-state index is 0.651. The molecule has 7 heteroatoms. The Morgan fingerprint density at radius 3 is 1.29 bits per heavy atom. The third-order valence-corrected chi connectivity index (χ3v) is 12.6. The van der Waals surface area contributed by atoms with Crippen LogP contribution in [0.2, 0.25) is 0 Å². The summed E-state index contributed by atoms with van der Waals surface area (Å²) in [5.74, 6) is 0.651. The molecule has 7 nitrogen and oxygen atoms in total. The number of hydrogen-bond acceptors (Lipinski definition) is 5. The van der Waals surface area contributed by atoms with Gasteiger partial charge in [-0.15, -0.1) is 10.2 Å². The summed E-state index contributed by atoms with van der Waals surface area (Å²) in [7, 11) is 0. The van der Waals surface area contributed by atoms with E-state index in [9.17, 15) is 0 Å². The first-order chi connectivity index (χ1) is 32.2. The van der Waals surface area contributed by atoms with Crippen molar-refractivity contribution in [3.8, 4) is 11.4 Å². The molecule has 9 aromatic carbocycles. The average molecular weight is 835 g/mol. The van der Waals surface area contributed by atoms with E-state index in [0.29, 0.717) is 16.9 Å². The monoisotopic (exact) mass is 834 g/mol. The number of benzene rings is 9. The Labute approximate surface area is 373 Å². The number of aromatic nitrogens is 4. The van der Waals surface area contributed by atoms with Crippen molar-refractivity contribution in [1.82, 2.24) is 19.3 Å². The lowest BCUT2D eigenvalue weighted by Gasteiger charge is -2.25. The van der Waals surface area contributed by atoms with E-state index in [1.165, 1.54) is 27.1 Å². The van der Waals surface area contributed by atoms with Crippen molar-refractivity contribution in [3.05, 3.63) is 231 Å². The molecule has 0 saturated heterocycles. The summed E-state index contributed by atoms with van der Waals surface area (Å²) in [6, 6.07) is 80.9. The minimum atomic E-state index is 0.651. The van der Waals surface area contributed by atoms with E-state index >= 15 is 0 Å². The molecule has 0 spiro atoms. The molecule has 0 N–H and O–H groups in total. The number of para-hydroxylation sites is 6. The van der Waals surface area contributed by atoms with E-state index in [-0.39, 0.29) is 0 Å². The predicted molar refractivity (Wildman–Crippen MR) is 267 cm³/mol. The van der Waals surface area contributed by atoms with Crippen molar-refractivity contribution in [3.63, 3.8) is 0 Å². The van der Waals surface area contributed by atoms with Crippen LogP contribution in [0.1, 0.15) is 0 Å². The summed E-state index contributed by atoms with van der Waals surface area (Å²) in [6.45, 7) is 0. The van der Waals surface area contributed by atoms with Crippen molar-refractivity contribution in [2.75, 3.05) is 9.80 Å². The largest absolute Gasteiger partial charge is 0.454 e. The van der Waals surface area contributed by atoms with Gasteiger partial charge in [-0.25, -0.2) is 0 Å². The Balaban J connectivity index is 0.949. The molecule has 13 aromatic rings. The Morgan fingerprint density at radius 1 is 0.308 bits per heavy atom. The van der Waals surface area contributed by atoms with Gasteiger partial charge in [0.1, 0.15) is 11.1 Å². The molecule has 0 fully saturated rings. The molecule has 13 rings (SSSR count). The smallest absolute Gasteiger partial charge is 0.164 e. The van der Waals surface area contributed by atoms with Crippen molar-refractivity contribution >= 4 is 99.9 Å². The van der Waals surface area contributed by atoms with Crippen LogP contribution in [0.3, 0.4) is 0 Å². The van der Waals surface area contributed by atoms with Crippen molar-refractivity contribution in [1.29, 1.82) is 0 Å². The summed E-state index contributed by atoms with van der Waals surface area (Å²) in [5, 5.41) is 15.5. The highest BCUT2D eigenvalue weighted by Crippen LogP contribution is 2.43. The highest BCUT2D eigenvalue weighted by molar-refractivity contribution is 6.12. The summed E-state index contributed by atoms with van der Waals surface area (Å²) >= 11 is 0. The first kappa shape index (κ1) is 36.7. The minimum Gasteiger partial charge on any atom is -0.454 e. The fourth-order valence-electron chi connectivity index (χ4n) is 9.71. The summed E-state index contributed by atoms with van der Waals surface area (Å²) in [6.07, 6.45) is 0. The van der Waals surface area contributed by atoms with E-state index in [1.54, 1.807) is 0 Å². The normalized spacial score (nSPS) is 11.7. The lowest BCUT2D eigenvalue weighted by Crippen LogP contribution is -2.12. The number of hydrogen-bond donors (Lipinski definition) is 0. The maximum Gasteiger partial charge on any atom is 0.164 e. The molecule has 4 heterocycles. The zero-order valence-electron chi connectivity index (χ0n) is 35.0. The second-order valence-corrected chi connectivity index (χ2v) is 16.3. The molecule has 4 aromatic heterocycles. The number of fused-ring (bicyclic) bond motifs is 9. The SMILES string of the molecule is c1ccc(N(c2ccc3c(c2)oc2cc(N(c4ccccc4)c4ccc5c6ccccc6n(-c6ccccc6)c5c4)nnc23)c2ccc3c4ccccc4n(-c4ccccc4)c3c2)cc1. The Kier molecular flexibility index (Phi) is 8.39. The maximum atomic E-state index is 6.79. The molecule has 0 radical (unpaired) electrons. The Morgan fingerprint density at radius 2 is 0.738 bits per heavy atom. The zero-order valence-corrected chi connectivity index (χ0v) is 35.0. The second-order valence-electron chi connectivity index (χ2n) is 16.3. The van der Waals surface area contributed by atoms with Gasteiger partial charge in [0, 0.05) is 78.9 Å². The number of rotatable bonds is 8. The van der Waals surface area contributed by atoms with Crippen LogP contribution in [-0.4, -0.2) is 19.3 Å². The van der Waals surface area contributed by atoms with E-state index in [4.69, 9.17) is 14.6 Å². The summed E-state index contributed by atoms with van der Waals surface area (Å²) in [5.41, 5.74) is 13.8. The number of anilines is 6. The lowest BCUT2D eigenvalue weighted by atomic mass is 10.1. The first-order valence-corrected chi connectivity index (χ1v) is 21.8. The Hall–Kier alpha value is -8.94. The van der Waals surface area contributed by atoms with Gasteiger partial charge in [0.2, 0.25) is 0 Å². The number of furan rings is 1. The van der Waals surface area contributed by atoms with Gasteiger partial charge >= 0.3 is 0 Å². The fourth-order valence-corrected chi connectivity index (χ4v) is 9.71. The van der Waals surface area contributed by atoms with E-state index < -0.39 is 0 Å². The van der Waals surface area contributed by atoms with Crippen LogP contribution < -0.4 is 9.80 Å². The molecular formula is C58H38N6O. The molecule has 0 aliphatic carbocycles. The van der Waals surface area contributed by atoms with Crippen LogP contribution in [0.25, 0.3) is 77.1 Å². The standard InChI is InChI=1S/C58H38N6O/c1-5-17-39(18-6-1)61(43-29-32-48-46-25-13-15-27-51(46)63(53(48)35-43)41-21-9-3-10-22-41)45-31-34-50-55(37-45)65-56-38-57(59-60-58(50)56)62(40-19-7-2-8-20-40)44-30-33-49-47-26-14-16-28-52(47)64(54(49)36-44)42-23-11-4-12-24-42/h1-38H. The molecule has 0 atom stereocenters. The molecule has 0 unspecified atom stereocenters. The highest BCUT2D eigenvalue weighted by Gasteiger charge is 2.22. The van der Waals surface area contributed by atoms with Crippen LogP contribution in [0.15, 0.2) is 235 Å². The van der Waals surface area contributed by atoms with Crippen molar-refractivity contribution in [2.24, 2.45) is 0 Å². The lowest BCUT2D eigenvalue weighted by molar-refractivity contribution is 0.667. The molecule has 0 aliphatic rings. The third kappa shape index (κ3) is 5.98. The van der Waals surface area contributed by atoms with E-state index in [2.05, 4.69) is 225 Å². The van der Waals surface area contributed by atoms with Crippen molar-refractivity contribution < 1.29 is 4.42 Å². The van der Waals surface area contributed by atoms with Crippen LogP contribution in [0.4, 0.5) is 34.3 Å². The van der Waals surface area contributed by atoms with Gasteiger partial charge in [-0.2, -0.15) is 0 Å². The molecule has 306 valence electrons. The highest BCUT2D eigenvalue weighted by atomic mass is 16.3. The topological polar surface area (TPSA) is 55.3 Å². The van der Waals surface area contributed by atoms with Gasteiger partial charge in [0.15, 0.2) is 11.4 Å². The van der Waals surface area contributed by atoms with Gasteiger partial charge in [-0.1, -0.05) is 121 Å². The molecular weight excluding hydrogens is 797 g/mol. The maximum absolute atomic E-state index is 6.79. The second kappa shape index (κ2) is 14.9. The van der Waals surface area contributed by atoms with E-state index in [1.807, 2.05) is 24.3 Å². The van der Waals surface area contributed by atoms with Gasteiger partial charge in [-0.3, -0.25) is 4.90 Å². The zero-order chi connectivity index (χ0) is 42.8. The van der Waals surface area contributed by atoms with E-state index in [0.717, 1.165) is 67.3 Å². The average Bonchev–Trinajstić information content (AvgIpc) is 4.02. The van der Waals surface area contributed by atoms with Gasteiger partial charge < -0.3 is 18.5 Å². The summed E-state index contributed by atoms with van der Waals surface area (Å²) in [4.78, 5) is 4.44.